The first kappa shape index (κ1) is 18.9. The SMILES string of the molecule is O=C1C(=Cc2ccc(-c3ccccc3[N+](=O)[O-])o2)SC(=S)N1CC1CCCO1. The van der Waals surface area contributed by atoms with Gasteiger partial charge in [0.15, 0.2) is 0 Å². The number of furan rings is 1. The molecule has 1 aromatic heterocycles. The Morgan fingerprint density at radius 2 is 2.14 bits per heavy atom. The maximum Gasteiger partial charge on any atom is 0.280 e. The summed E-state index contributed by atoms with van der Waals surface area (Å²) in [6, 6.07) is 9.70. The van der Waals surface area contributed by atoms with Crippen LogP contribution >= 0.6 is 24.0 Å². The van der Waals surface area contributed by atoms with E-state index >= 15 is 0 Å². The second kappa shape index (κ2) is 7.86. The number of carbonyl (C=O) groups excluding carboxylic acids is 1. The Morgan fingerprint density at radius 1 is 1.32 bits per heavy atom. The quantitative estimate of drug-likeness (QED) is 0.312. The molecule has 9 heteroatoms. The molecule has 1 amide bonds. The summed E-state index contributed by atoms with van der Waals surface area (Å²) in [6.07, 6.45) is 3.56. The smallest absolute Gasteiger partial charge is 0.280 e. The number of thioether (sulfide) groups is 1. The van der Waals surface area contributed by atoms with Gasteiger partial charge in [-0.15, -0.1) is 0 Å². The van der Waals surface area contributed by atoms with Crippen LogP contribution in [0, 0.1) is 10.1 Å². The van der Waals surface area contributed by atoms with Crippen molar-refractivity contribution in [2.75, 3.05) is 13.2 Å². The number of para-hydroxylation sites is 1. The van der Waals surface area contributed by atoms with Crippen molar-refractivity contribution in [2.45, 2.75) is 18.9 Å². The number of benzene rings is 1. The molecule has 7 nitrogen and oxygen atoms in total. The first-order valence-corrected chi connectivity index (χ1v) is 9.96. The third-order valence-electron chi connectivity index (χ3n) is 4.55. The van der Waals surface area contributed by atoms with Crippen molar-refractivity contribution in [3.8, 4) is 11.3 Å². The first-order valence-electron chi connectivity index (χ1n) is 8.73. The van der Waals surface area contributed by atoms with Crippen molar-refractivity contribution < 1.29 is 18.9 Å². The summed E-state index contributed by atoms with van der Waals surface area (Å²) >= 11 is 6.56. The average Bonchev–Trinajstić information content (AvgIpc) is 3.41. The van der Waals surface area contributed by atoms with Gasteiger partial charge in [0.05, 0.1) is 28.0 Å². The van der Waals surface area contributed by atoms with Crippen LogP contribution in [0.5, 0.6) is 0 Å². The molecule has 0 N–H and O–H groups in total. The molecule has 0 aliphatic carbocycles. The number of carbonyl (C=O) groups is 1. The monoisotopic (exact) mass is 416 g/mol. The molecule has 4 rings (SSSR count). The topological polar surface area (TPSA) is 85.8 Å². The lowest BCUT2D eigenvalue weighted by molar-refractivity contribution is -0.384. The molecule has 2 aliphatic rings. The molecule has 0 saturated carbocycles. The third-order valence-corrected chi connectivity index (χ3v) is 5.93. The minimum absolute atomic E-state index is 0.0238. The highest BCUT2D eigenvalue weighted by molar-refractivity contribution is 8.26. The number of ether oxygens (including phenoxy) is 1. The Balaban J connectivity index is 1.55. The highest BCUT2D eigenvalue weighted by atomic mass is 32.2. The van der Waals surface area contributed by atoms with E-state index in [1.54, 1.807) is 41.3 Å². The van der Waals surface area contributed by atoms with Gasteiger partial charge < -0.3 is 9.15 Å². The van der Waals surface area contributed by atoms with E-state index in [1.165, 1.54) is 17.8 Å². The van der Waals surface area contributed by atoms with Crippen LogP contribution in [0.1, 0.15) is 18.6 Å². The number of hydrogen-bond acceptors (Lipinski definition) is 7. The van der Waals surface area contributed by atoms with Crippen LogP contribution in [0.25, 0.3) is 17.4 Å². The van der Waals surface area contributed by atoms with Gasteiger partial charge in [0.2, 0.25) is 0 Å². The molecular formula is C19H16N2O5S2. The van der Waals surface area contributed by atoms with E-state index in [1.807, 2.05) is 0 Å². The molecule has 2 fully saturated rings. The maximum atomic E-state index is 12.7. The molecule has 2 aliphatic heterocycles. The van der Waals surface area contributed by atoms with E-state index in [4.69, 9.17) is 21.4 Å². The molecule has 1 unspecified atom stereocenters. The van der Waals surface area contributed by atoms with Crippen molar-refractivity contribution in [3.63, 3.8) is 0 Å². The van der Waals surface area contributed by atoms with Crippen LogP contribution in [0.2, 0.25) is 0 Å². The zero-order valence-electron chi connectivity index (χ0n) is 14.7. The molecule has 0 bridgehead atoms. The largest absolute Gasteiger partial charge is 0.456 e. The minimum atomic E-state index is -0.451. The summed E-state index contributed by atoms with van der Waals surface area (Å²) in [5, 5.41) is 11.2. The second-order valence-electron chi connectivity index (χ2n) is 6.40. The van der Waals surface area contributed by atoms with Crippen molar-refractivity contribution in [1.29, 1.82) is 0 Å². The van der Waals surface area contributed by atoms with E-state index in [9.17, 15) is 14.9 Å². The van der Waals surface area contributed by atoms with Gasteiger partial charge in [-0.25, -0.2) is 0 Å². The summed E-state index contributed by atoms with van der Waals surface area (Å²) in [7, 11) is 0. The molecular weight excluding hydrogens is 400 g/mol. The number of nitro benzene ring substituents is 1. The van der Waals surface area contributed by atoms with E-state index in [-0.39, 0.29) is 17.7 Å². The summed E-state index contributed by atoms with van der Waals surface area (Å²) in [5.41, 5.74) is 0.351. The van der Waals surface area contributed by atoms with E-state index in [0.717, 1.165) is 19.4 Å². The van der Waals surface area contributed by atoms with Crippen LogP contribution in [-0.4, -0.2) is 39.3 Å². The molecule has 0 spiro atoms. The summed E-state index contributed by atoms with van der Waals surface area (Å²) in [6.45, 7) is 1.18. The van der Waals surface area contributed by atoms with Crippen molar-refractivity contribution in [3.05, 3.63) is 57.2 Å². The van der Waals surface area contributed by atoms with Gasteiger partial charge in [0.1, 0.15) is 15.8 Å². The lowest BCUT2D eigenvalue weighted by Gasteiger charge is -2.18. The van der Waals surface area contributed by atoms with Crippen molar-refractivity contribution in [2.24, 2.45) is 0 Å². The second-order valence-corrected chi connectivity index (χ2v) is 8.08. The van der Waals surface area contributed by atoms with E-state index in [2.05, 4.69) is 0 Å². The standard InChI is InChI=1S/C19H16N2O5S2/c22-18-17(28-19(27)20(18)11-13-4-3-9-25-13)10-12-7-8-16(26-12)14-5-1-2-6-15(14)21(23)24/h1-2,5-8,10,13H,3-4,9,11H2. The first-order chi connectivity index (χ1) is 13.5. The zero-order valence-corrected chi connectivity index (χ0v) is 16.3. The Labute approximate surface area is 170 Å². The van der Waals surface area contributed by atoms with Crippen LogP contribution in [-0.2, 0) is 9.53 Å². The number of hydrogen-bond donors (Lipinski definition) is 0. The molecule has 1 aromatic carbocycles. The maximum absolute atomic E-state index is 12.7. The average molecular weight is 416 g/mol. The predicted octanol–water partition coefficient (Wildman–Crippen LogP) is 4.24. The molecule has 28 heavy (non-hydrogen) atoms. The zero-order chi connectivity index (χ0) is 19.7. The van der Waals surface area contributed by atoms with E-state index in [0.29, 0.717) is 32.9 Å². The number of nitrogens with zero attached hydrogens (tertiary/aromatic N) is 2. The Morgan fingerprint density at radius 3 is 2.89 bits per heavy atom. The van der Waals surface area contributed by atoms with Crippen LogP contribution < -0.4 is 0 Å². The Hall–Kier alpha value is -2.49. The molecule has 1 atom stereocenters. The van der Waals surface area contributed by atoms with Gasteiger partial charge in [0.25, 0.3) is 11.6 Å². The minimum Gasteiger partial charge on any atom is -0.456 e. The molecule has 144 valence electrons. The van der Waals surface area contributed by atoms with Gasteiger partial charge in [-0.1, -0.05) is 36.1 Å². The van der Waals surface area contributed by atoms with Crippen LogP contribution in [0.4, 0.5) is 5.69 Å². The fraction of sp³-hybridized carbons (Fsp3) is 0.263. The van der Waals surface area contributed by atoms with Crippen LogP contribution in [0.3, 0.4) is 0 Å². The van der Waals surface area contributed by atoms with Gasteiger partial charge in [-0.2, -0.15) is 0 Å². The Bertz CT molecular complexity index is 978. The highest BCUT2D eigenvalue weighted by Gasteiger charge is 2.34. The molecule has 2 aromatic rings. The predicted molar refractivity (Wildman–Crippen MR) is 110 cm³/mol. The number of nitro groups is 1. The van der Waals surface area contributed by atoms with E-state index < -0.39 is 4.92 Å². The van der Waals surface area contributed by atoms with Gasteiger partial charge in [-0.3, -0.25) is 19.8 Å². The third kappa shape index (κ3) is 3.73. The van der Waals surface area contributed by atoms with Gasteiger partial charge >= 0.3 is 0 Å². The van der Waals surface area contributed by atoms with Crippen molar-refractivity contribution in [1.82, 2.24) is 4.90 Å². The molecule has 2 saturated heterocycles. The van der Waals surface area contributed by atoms with Gasteiger partial charge in [-0.05, 0) is 31.0 Å². The number of thiocarbonyl (C=S) groups is 1. The number of rotatable bonds is 5. The lowest BCUT2D eigenvalue weighted by atomic mass is 10.1. The lowest BCUT2D eigenvalue weighted by Crippen LogP contribution is -2.35. The normalized spacial score (nSPS) is 21.1. The fourth-order valence-electron chi connectivity index (χ4n) is 3.19. The van der Waals surface area contributed by atoms with Crippen LogP contribution in [0.15, 0.2) is 45.7 Å². The summed E-state index contributed by atoms with van der Waals surface area (Å²) in [5.74, 6) is 0.633. The fourth-order valence-corrected chi connectivity index (χ4v) is 4.45. The Kier molecular flexibility index (Phi) is 5.29. The molecule has 3 heterocycles. The molecule has 0 radical (unpaired) electrons. The highest BCUT2D eigenvalue weighted by Crippen LogP contribution is 2.35. The summed E-state index contributed by atoms with van der Waals surface area (Å²) < 4.78 is 11.8. The van der Waals surface area contributed by atoms with Crippen molar-refractivity contribution >= 4 is 46.0 Å². The van der Waals surface area contributed by atoms with Gasteiger partial charge in [0, 0.05) is 18.7 Å². The summed E-state index contributed by atoms with van der Waals surface area (Å²) in [4.78, 5) is 25.5. The number of amides is 1.